The van der Waals surface area contributed by atoms with Gasteiger partial charge in [0.15, 0.2) is 0 Å². The number of nitrogens with one attached hydrogen (secondary N) is 1. The van der Waals surface area contributed by atoms with E-state index in [2.05, 4.69) is 44.9 Å². The summed E-state index contributed by atoms with van der Waals surface area (Å²) in [6.45, 7) is 8.84. The second-order valence-electron chi connectivity index (χ2n) is 8.17. The molecule has 0 saturated heterocycles. The van der Waals surface area contributed by atoms with Crippen molar-refractivity contribution in [1.29, 1.82) is 0 Å². The molecule has 0 bridgehead atoms. The minimum absolute atomic E-state index is 0.161. The van der Waals surface area contributed by atoms with Crippen LogP contribution in [0.3, 0.4) is 0 Å². The zero-order chi connectivity index (χ0) is 19.7. The first kappa shape index (κ1) is 18.9. The summed E-state index contributed by atoms with van der Waals surface area (Å²) in [5, 5.41) is 7.64. The number of ether oxygens (including phenoxy) is 1. The van der Waals surface area contributed by atoms with Gasteiger partial charge in [-0.3, -0.25) is 14.4 Å². The Labute approximate surface area is 166 Å². The third-order valence-electron chi connectivity index (χ3n) is 5.43. The van der Waals surface area contributed by atoms with Crippen LogP contribution in [0.5, 0.6) is 5.88 Å². The number of nitrogens with zero attached hydrogens (tertiary/aromatic N) is 4. The van der Waals surface area contributed by atoms with Gasteiger partial charge in [-0.15, -0.1) is 0 Å². The summed E-state index contributed by atoms with van der Waals surface area (Å²) in [7, 11) is 1.56. The van der Waals surface area contributed by atoms with Gasteiger partial charge in [0.1, 0.15) is 5.56 Å². The van der Waals surface area contributed by atoms with E-state index in [4.69, 9.17) is 4.74 Å². The van der Waals surface area contributed by atoms with E-state index in [-0.39, 0.29) is 5.91 Å². The van der Waals surface area contributed by atoms with Crippen LogP contribution in [0.1, 0.15) is 53.3 Å². The number of carbonyl (C=O) groups excluding carboxylic acids is 1. The third kappa shape index (κ3) is 3.90. The molecule has 1 aliphatic carbocycles. The second-order valence-corrected chi connectivity index (χ2v) is 8.17. The lowest BCUT2D eigenvalue weighted by Crippen LogP contribution is -2.36. The Morgan fingerprint density at radius 2 is 2.14 bits per heavy atom. The van der Waals surface area contributed by atoms with Crippen molar-refractivity contribution in [3.8, 4) is 5.88 Å². The molecule has 150 valence electrons. The van der Waals surface area contributed by atoms with Crippen molar-refractivity contribution in [2.24, 2.45) is 5.92 Å². The van der Waals surface area contributed by atoms with Gasteiger partial charge in [0.05, 0.1) is 31.6 Å². The summed E-state index contributed by atoms with van der Waals surface area (Å²) < 4.78 is 7.42. The SMILES string of the molecule is COc1nc2c(cc1C(=O)NCc1cc3n(n1)CCN(CC(C)C)C3)CCC2. The van der Waals surface area contributed by atoms with Crippen LogP contribution in [0.25, 0.3) is 0 Å². The molecule has 0 fully saturated rings. The number of amides is 1. The summed E-state index contributed by atoms with van der Waals surface area (Å²) in [6, 6.07) is 4.04. The molecule has 1 aliphatic heterocycles. The van der Waals surface area contributed by atoms with Crippen molar-refractivity contribution in [3.05, 3.63) is 40.3 Å². The molecule has 7 heteroatoms. The van der Waals surface area contributed by atoms with E-state index in [9.17, 15) is 4.79 Å². The summed E-state index contributed by atoms with van der Waals surface area (Å²) in [5.74, 6) is 0.905. The van der Waals surface area contributed by atoms with E-state index in [0.29, 0.717) is 23.9 Å². The molecule has 1 N–H and O–H groups in total. The zero-order valence-corrected chi connectivity index (χ0v) is 17.0. The minimum Gasteiger partial charge on any atom is -0.480 e. The second kappa shape index (κ2) is 7.91. The Morgan fingerprint density at radius 1 is 1.29 bits per heavy atom. The Hall–Kier alpha value is -2.41. The van der Waals surface area contributed by atoms with Crippen molar-refractivity contribution in [2.45, 2.75) is 52.7 Å². The first-order valence-corrected chi connectivity index (χ1v) is 10.2. The summed E-state index contributed by atoms with van der Waals surface area (Å²) in [5.41, 5.74) is 4.83. The molecule has 1 amide bonds. The highest BCUT2D eigenvalue weighted by Gasteiger charge is 2.22. The number of aromatic nitrogens is 3. The Balaban J connectivity index is 1.42. The van der Waals surface area contributed by atoms with Crippen LogP contribution in [0.4, 0.5) is 0 Å². The van der Waals surface area contributed by atoms with Crippen LogP contribution in [0, 0.1) is 5.92 Å². The van der Waals surface area contributed by atoms with Gasteiger partial charge in [0, 0.05) is 25.3 Å². The topological polar surface area (TPSA) is 72.3 Å². The Morgan fingerprint density at radius 3 is 2.93 bits per heavy atom. The number of hydrogen-bond acceptors (Lipinski definition) is 5. The van der Waals surface area contributed by atoms with E-state index >= 15 is 0 Å². The van der Waals surface area contributed by atoms with E-state index < -0.39 is 0 Å². The van der Waals surface area contributed by atoms with E-state index in [0.717, 1.165) is 62.4 Å². The molecular weight excluding hydrogens is 354 g/mol. The maximum atomic E-state index is 12.7. The van der Waals surface area contributed by atoms with Crippen molar-refractivity contribution in [1.82, 2.24) is 25.0 Å². The zero-order valence-electron chi connectivity index (χ0n) is 17.0. The molecule has 7 nitrogen and oxygen atoms in total. The van der Waals surface area contributed by atoms with Crippen LogP contribution in [0.2, 0.25) is 0 Å². The molecule has 2 aromatic rings. The highest BCUT2D eigenvalue weighted by molar-refractivity contribution is 5.96. The summed E-state index contributed by atoms with van der Waals surface area (Å²) >= 11 is 0. The first-order chi connectivity index (χ1) is 13.5. The fourth-order valence-electron chi connectivity index (χ4n) is 4.18. The molecule has 28 heavy (non-hydrogen) atoms. The molecule has 0 radical (unpaired) electrons. The van der Waals surface area contributed by atoms with Crippen LogP contribution < -0.4 is 10.1 Å². The number of fused-ring (bicyclic) bond motifs is 2. The quantitative estimate of drug-likeness (QED) is 0.828. The Kier molecular flexibility index (Phi) is 5.35. The van der Waals surface area contributed by atoms with Crippen molar-refractivity contribution < 1.29 is 9.53 Å². The monoisotopic (exact) mass is 383 g/mol. The van der Waals surface area contributed by atoms with Crippen molar-refractivity contribution in [2.75, 3.05) is 20.2 Å². The standard InChI is InChI=1S/C21H29N5O2/c1-14(2)12-25-7-8-26-17(13-25)10-16(24-26)11-22-20(27)18-9-15-5-4-6-19(15)23-21(18)28-3/h9-10,14H,4-8,11-13H2,1-3H3,(H,22,27). The number of rotatable bonds is 6. The maximum absolute atomic E-state index is 12.7. The van der Waals surface area contributed by atoms with Gasteiger partial charge in [-0.2, -0.15) is 5.10 Å². The number of carbonyl (C=O) groups is 1. The minimum atomic E-state index is -0.161. The molecule has 2 aliphatic rings. The van der Waals surface area contributed by atoms with Crippen LogP contribution in [0.15, 0.2) is 12.1 Å². The van der Waals surface area contributed by atoms with E-state index in [1.807, 2.05) is 6.07 Å². The largest absolute Gasteiger partial charge is 0.480 e. The number of aryl methyl sites for hydroxylation is 2. The highest BCUT2D eigenvalue weighted by Crippen LogP contribution is 2.26. The number of pyridine rings is 1. The predicted octanol–water partition coefficient (Wildman–Crippen LogP) is 2.18. The molecule has 0 aromatic carbocycles. The smallest absolute Gasteiger partial charge is 0.257 e. The van der Waals surface area contributed by atoms with Crippen molar-refractivity contribution in [3.63, 3.8) is 0 Å². The lowest BCUT2D eigenvalue weighted by molar-refractivity contribution is 0.0946. The molecule has 2 aromatic heterocycles. The lowest BCUT2D eigenvalue weighted by atomic mass is 10.1. The van der Waals surface area contributed by atoms with Crippen LogP contribution in [-0.2, 0) is 32.5 Å². The molecule has 0 spiro atoms. The van der Waals surface area contributed by atoms with Crippen molar-refractivity contribution >= 4 is 5.91 Å². The van der Waals surface area contributed by atoms with Crippen LogP contribution >= 0.6 is 0 Å². The maximum Gasteiger partial charge on any atom is 0.257 e. The number of hydrogen-bond donors (Lipinski definition) is 1. The molecule has 0 unspecified atom stereocenters. The van der Waals surface area contributed by atoms with Gasteiger partial charge in [-0.1, -0.05) is 13.8 Å². The summed E-state index contributed by atoms with van der Waals surface area (Å²) in [6.07, 6.45) is 3.03. The fourth-order valence-corrected chi connectivity index (χ4v) is 4.18. The summed E-state index contributed by atoms with van der Waals surface area (Å²) in [4.78, 5) is 19.7. The van der Waals surface area contributed by atoms with Gasteiger partial charge in [0.25, 0.3) is 5.91 Å². The molecule has 4 rings (SSSR count). The lowest BCUT2D eigenvalue weighted by Gasteiger charge is -2.28. The van der Waals surface area contributed by atoms with Gasteiger partial charge in [0.2, 0.25) is 5.88 Å². The molecule has 0 atom stereocenters. The fraction of sp³-hybridized carbons (Fsp3) is 0.571. The van der Waals surface area contributed by atoms with E-state index in [1.54, 1.807) is 7.11 Å². The van der Waals surface area contributed by atoms with Gasteiger partial charge >= 0.3 is 0 Å². The van der Waals surface area contributed by atoms with Gasteiger partial charge in [-0.05, 0) is 42.9 Å². The predicted molar refractivity (Wildman–Crippen MR) is 106 cm³/mol. The average molecular weight is 383 g/mol. The number of methoxy groups -OCH3 is 1. The van der Waals surface area contributed by atoms with Gasteiger partial charge in [-0.25, -0.2) is 4.98 Å². The van der Waals surface area contributed by atoms with E-state index in [1.165, 1.54) is 5.69 Å². The van der Waals surface area contributed by atoms with Crippen LogP contribution in [-0.4, -0.2) is 45.8 Å². The highest BCUT2D eigenvalue weighted by atomic mass is 16.5. The molecule has 3 heterocycles. The average Bonchev–Trinajstić information content (AvgIpc) is 3.29. The first-order valence-electron chi connectivity index (χ1n) is 10.2. The molecule has 0 saturated carbocycles. The molecular formula is C21H29N5O2. The third-order valence-corrected chi connectivity index (χ3v) is 5.43. The normalized spacial score (nSPS) is 16.1. The Bertz CT molecular complexity index is 874. The van der Waals surface area contributed by atoms with Gasteiger partial charge < -0.3 is 10.1 Å².